The fourth-order valence-corrected chi connectivity index (χ4v) is 0.769. The van der Waals surface area contributed by atoms with E-state index in [1.165, 1.54) is 0 Å². The van der Waals surface area contributed by atoms with Gasteiger partial charge in [-0.3, -0.25) is 5.84 Å². The third-order valence-electron chi connectivity index (χ3n) is 1.03. The first kappa shape index (κ1) is 13.2. The van der Waals surface area contributed by atoms with Gasteiger partial charge < -0.3 is 5.43 Å². The molecule has 0 radical (unpaired) electrons. The number of nitrogens with two attached hydrogens (primary N) is 1. The van der Waals surface area contributed by atoms with Crippen LogP contribution in [0.25, 0.3) is 0 Å². The van der Waals surface area contributed by atoms with Crippen molar-refractivity contribution in [2.75, 3.05) is 5.43 Å². The van der Waals surface area contributed by atoms with Gasteiger partial charge in [0.15, 0.2) is 0 Å². The molecule has 0 aromatic heterocycles. The van der Waals surface area contributed by atoms with Crippen molar-refractivity contribution in [1.29, 1.82) is 0 Å². The largest absolute Gasteiger partial charge is 0.323 e. The molecule has 0 atom stereocenters. The second-order valence-electron chi connectivity index (χ2n) is 1.62. The van der Waals surface area contributed by atoms with Crippen molar-refractivity contribution in [1.82, 2.24) is 0 Å². The van der Waals surface area contributed by atoms with Crippen molar-refractivity contribution in [2.24, 2.45) is 5.84 Å². The Hall–Kier alpha value is -0.440. The van der Waals surface area contributed by atoms with Crippen molar-refractivity contribution in [3.8, 4) is 0 Å². The second-order valence-corrected chi connectivity index (χ2v) is 2.03. The first-order valence-electron chi connectivity index (χ1n) is 2.56. The van der Waals surface area contributed by atoms with Crippen LogP contribution in [-0.2, 0) is 0 Å². The minimum Gasteiger partial charge on any atom is -0.323 e. The van der Waals surface area contributed by atoms with Crippen LogP contribution in [0.3, 0.4) is 0 Å². The van der Waals surface area contributed by atoms with Crippen molar-refractivity contribution in [3.05, 3.63) is 29.3 Å². The van der Waals surface area contributed by atoms with Crippen LogP contribution >= 0.6 is 24.0 Å². The molecule has 1 rings (SSSR count). The average molecular weight is 195 g/mol. The Morgan fingerprint density at radius 1 is 1.27 bits per heavy atom. The smallest absolute Gasteiger partial charge is 0.0671 e. The van der Waals surface area contributed by atoms with Gasteiger partial charge in [-0.05, 0) is 12.1 Å². The molecule has 2 nitrogen and oxygen atoms in total. The lowest BCUT2D eigenvalue weighted by Gasteiger charge is -1.99. The second kappa shape index (κ2) is 6.28. The predicted octanol–water partition coefficient (Wildman–Crippen LogP) is 2.68. The molecule has 4 heteroatoms. The summed E-state index contributed by atoms with van der Waals surface area (Å²) < 4.78 is 0. The Morgan fingerprint density at radius 2 is 1.82 bits per heavy atom. The summed E-state index contributed by atoms with van der Waals surface area (Å²) in [6.07, 6.45) is 0. The molecule has 0 aliphatic rings. The van der Waals surface area contributed by atoms with E-state index < -0.39 is 0 Å². The first-order chi connectivity index (χ1) is 4.34. The minimum atomic E-state index is 0. The molecule has 11 heavy (non-hydrogen) atoms. The highest BCUT2D eigenvalue weighted by atomic mass is 35.5. The quantitative estimate of drug-likeness (QED) is 0.534. The molecule has 0 heterocycles. The number of benzene rings is 1. The normalized spacial score (nSPS) is 7.45. The number of nitrogens with one attached hydrogen (secondary N) is 1. The maximum atomic E-state index is 5.68. The molecular weight excluding hydrogens is 183 g/mol. The van der Waals surface area contributed by atoms with E-state index in [9.17, 15) is 0 Å². The van der Waals surface area contributed by atoms with E-state index in [1.807, 2.05) is 18.2 Å². The topological polar surface area (TPSA) is 38.0 Å². The monoisotopic (exact) mass is 194 g/mol. The Kier molecular flexibility index (Phi) is 7.52. The van der Waals surface area contributed by atoms with E-state index in [0.717, 1.165) is 5.69 Å². The number of para-hydroxylation sites is 1. The van der Waals surface area contributed by atoms with Gasteiger partial charge in [-0.15, -0.1) is 12.4 Å². The SMILES string of the molecule is C.Cl.NNc1ccccc1Cl. The molecule has 3 N–H and O–H groups in total. The van der Waals surface area contributed by atoms with E-state index in [1.54, 1.807) is 6.07 Å². The lowest BCUT2D eigenvalue weighted by atomic mass is 10.3. The fraction of sp³-hybridized carbons (Fsp3) is 0.143. The molecule has 0 unspecified atom stereocenters. The number of halogens is 2. The maximum absolute atomic E-state index is 5.68. The Bertz CT molecular complexity index is 203. The van der Waals surface area contributed by atoms with Crippen LogP contribution < -0.4 is 11.3 Å². The first-order valence-corrected chi connectivity index (χ1v) is 2.93. The summed E-state index contributed by atoms with van der Waals surface area (Å²) in [6, 6.07) is 7.29. The fourth-order valence-electron chi connectivity index (χ4n) is 0.578. The van der Waals surface area contributed by atoms with Crippen molar-refractivity contribution in [3.63, 3.8) is 0 Å². The number of hydrogen-bond acceptors (Lipinski definition) is 2. The van der Waals surface area contributed by atoms with Crippen molar-refractivity contribution < 1.29 is 0 Å². The van der Waals surface area contributed by atoms with Crippen LogP contribution in [0.5, 0.6) is 0 Å². The summed E-state index contributed by atoms with van der Waals surface area (Å²) >= 11 is 5.68. The molecule has 1 aromatic rings. The zero-order valence-corrected chi connectivity index (χ0v) is 6.75. The van der Waals surface area contributed by atoms with Gasteiger partial charge in [0.2, 0.25) is 0 Å². The third kappa shape index (κ3) is 3.46. The number of anilines is 1. The standard InChI is InChI=1S/C6H7ClN2.CH4.ClH/c7-5-3-1-2-4-6(5)9-8;;/h1-4,9H,8H2;1H4;1H. The average Bonchev–Trinajstić information content (AvgIpc) is 1.89. The molecule has 0 spiro atoms. The van der Waals surface area contributed by atoms with Crippen LogP contribution in [0.4, 0.5) is 5.69 Å². The lowest BCUT2D eigenvalue weighted by molar-refractivity contribution is 1.35. The summed E-state index contributed by atoms with van der Waals surface area (Å²) in [4.78, 5) is 0. The van der Waals surface area contributed by atoms with E-state index in [2.05, 4.69) is 5.43 Å². The molecule has 0 saturated carbocycles. The molecule has 0 aliphatic carbocycles. The Morgan fingerprint density at radius 3 is 2.18 bits per heavy atom. The zero-order valence-electron chi connectivity index (χ0n) is 5.17. The van der Waals surface area contributed by atoms with E-state index in [0.29, 0.717) is 5.02 Å². The molecule has 0 aliphatic heterocycles. The summed E-state index contributed by atoms with van der Waals surface area (Å²) in [5.41, 5.74) is 3.21. The molecule has 0 amide bonds. The number of nitrogen functional groups attached to an aromatic ring is 1. The summed E-state index contributed by atoms with van der Waals surface area (Å²) in [5.74, 6) is 5.12. The minimum absolute atomic E-state index is 0. The maximum Gasteiger partial charge on any atom is 0.0671 e. The van der Waals surface area contributed by atoms with Crippen LogP contribution in [0.1, 0.15) is 7.43 Å². The van der Waals surface area contributed by atoms with E-state index >= 15 is 0 Å². The zero-order chi connectivity index (χ0) is 6.69. The van der Waals surface area contributed by atoms with Gasteiger partial charge in [-0.1, -0.05) is 31.2 Å². The summed E-state index contributed by atoms with van der Waals surface area (Å²) in [7, 11) is 0. The predicted molar refractivity (Wildman–Crippen MR) is 53.2 cm³/mol. The molecule has 64 valence electrons. The van der Waals surface area contributed by atoms with E-state index in [4.69, 9.17) is 17.4 Å². The van der Waals surface area contributed by atoms with Crippen molar-refractivity contribution in [2.45, 2.75) is 7.43 Å². The third-order valence-corrected chi connectivity index (χ3v) is 1.36. The molecular formula is C7H12Cl2N2. The van der Waals surface area contributed by atoms with Gasteiger partial charge in [-0.2, -0.15) is 0 Å². The van der Waals surface area contributed by atoms with Gasteiger partial charge in [0.25, 0.3) is 0 Å². The highest BCUT2D eigenvalue weighted by Crippen LogP contribution is 2.18. The van der Waals surface area contributed by atoms with Gasteiger partial charge in [0.1, 0.15) is 0 Å². The molecule has 0 bridgehead atoms. The van der Waals surface area contributed by atoms with E-state index in [-0.39, 0.29) is 19.8 Å². The van der Waals surface area contributed by atoms with Crippen LogP contribution in [-0.4, -0.2) is 0 Å². The molecule has 0 fully saturated rings. The number of hydrogen-bond donors (Lipinski definition) is 2. The van der Waals surface area contributed by atoms with Crippen molar-refractivity contribution >= 4 is 29.7 Å². The molecule has 1 aromatic carbocycles. The van der Waals surface area contributed by atoms with Crippen LogP contribution in [0.2, 0.25) is 5.02 Å². The number of hydrazine groups is 1. The highest BCUT2D eigenvalue weighted by Gasteiger charge is 1.91. The van der Waals surface area contributed by atoms with Gasteiger partial charge in [0, 0.05) is 0 Å². The summed E-state index contributed by atoms with van der Waals surface area (Å²) in [5, 5.41) is 0.639. The number of rotatable bonds is 1. The van der Waals surface area contributed by atoms with Crippen LogP contribution in [0.15, 0.2) is 24.3 Å². The lowest BCUT2D eigenvalue weighted by Crippen LogP contribution is -2.06. The molecule has 0 saturated heterocycles. The van der Waals surface area contributed by atoms with Gasteiger partial charge in [0.05, 0.1) is 10.7 Å². The Balaban J connectivity index is 0. The van der Waals surface area contributed by atoms with Gasteiger partial charge in [-0.25, -0.2) is 0 Å². The van der Waals surface area contributed by atoms with Gasteiger partial charge >= 0.3 is 0 Å². The highest BCUT2D eigenvalue weighted by molar-refractivity contribution is 6.33. The van der Waals surface area contributed by atoms with Crippen LogP contribution in [0, 0.1) is 0 Å². The Labute approximate surface area is 78.1 Å². The summed E-state index contributed by atoms with van der Waals surface area (Å²) in [6.45, 7) is 0.